The van der Waals surface area contributed by atoms with Crippen LogP contribution in [0.3, 0.4) is 0 Å². The zero-order valence-electron chi connectivity index (χ0n) is 11.9. The van der Waals surface area contributed by atoms with E-state index in [0.717, 1.165) is 16.3 Å². The summed E-state index contributed by atoms with van der Waals surface area (Å²) in [5.74, 6) is -0.437. The van der Waals surface area contributed by atoms with Crippen molar-refractivity contribution in [3.8, 4) is 0 Å². The monoisotopic (exact) mass is 285 g/mol. The fraction of sp³-hybridized carbons (Fsp3) is 0.250. The van der Waals surface area contributed by atoms with E-state index in [4.69, 9.17) is 5.73 Å². The Morgan fingerprint density at radius 3 is 2.62 bits per heavy atom. The van der Waals surface area contributed by atoms with Gasteiger partial charge >= 0.3 is 0 Å². The highest BCUT2D eigenvalue weighted by Crippen LogP contribution is 2.18. The fourth-order valence-corrected chi connectivity index (χ4v) is 2.22. The zero-order chi connectivity index (χ0) is 15.2. The molecule has 0 saturated carbocycles. The molecule has 2 amide bonds. The first-order valence-corrected chi connectivity index (χ1v) is 6.82. The Hall–Kier alpha value is -2.40. The number of benzene rings is 2. The van der Waals surface area contributed by atoms with E-state index in [1.807, 2.05) is 42.5 Å². The van der Waals surface area contributed by atoms with E-state index in [0.29, 0.717) is 6.54 Å². The Morgan fingerprint density at radius 1 is 1.14 bits per heavy atom. The highest BCUT2D eigenvalue weighted by molar-refractivity contribution is 5.86. The summed E-state index contributed by atoms with van der Waals surface area (Å²) in [6, 6.07) is 14.0. The van der Waals surface area contributed by atoms with Crippen molar-refractivity contribution in [3.05, 3.63) is 48.0 Å². The highest BCUT2D eigenvalue weighted by atomic mass is 16.2. The van der Waals surface area contributed by atoms with E-state index in [1.165, 1.54) is 6.92 Å². The van der Waals surface area contributed by atoms with Gasteiger partial charge in [0.05, 0.1) is 12.6 Å². The van der Waals surface area contributed by atoms with Crippen LogP contribution in [-0.2, 0) is 16.1 Å². The van der Waals surface area contributed by atoms with Crippen LogP contribution in [0.4, 0.5) is 0 Å². The summed E-state index contributed by atoms with van der Waals surface area (Å²) in [7, 11) is 0. The molecule has 2 rings (SSSR count). The van der Waals surface area contributed by atoms with Gasteiger partial charge < -0.3 is 16.4 Å². The van der Waals surface area contributed by atoms with Gasteiger partial charge in [0.15, 0.2) is 0 Å². The average molecular weight is 285 g/mol. The van der Waals surface area contributed by atoms with Crippen molar-refractivity contribution in [2.45, 2.75) is 26.1 Å². The quantitative estimate of drug-likeness (QED) is 0.723. The molecular weight excluding hydrogens is 266 g/mol. The van der Waals surface area contributed by atoms with Gasteiger partial charge in [-0.2, -0.15) is 0 Å². The van der Waals surface area contributed by atoms with Gasteiger partial charge in [0, 0.05) is 13.5 Å². The third kappa shape index (κ3) is 4.29. The molecule has 2 aromatic carbocycles. The van der Waals surface area contributed by atoms with Gasteiger partial charge in [-0.05, 0) is 16.3 Å². The molecule has 0 fully saturated rings. The number of hydrogen-bond acceptors (Lipinski definition) is 3. The maximum Gasteiger partial charge on any atom is 0.223 e. The van der Waals surface area contributed by atoms with Crippen molar-refractivity contribution in [2.75, 3.05) is 0 Å². The second-order valence-corrected chi connectivity index (χ2v) is 4.93. The smallest absolute Gasteiger partial charge is 0.223 e. The number of nitrogens with one attached hydrogen (secondary N) is 2. The van der Waals surface area contributed by atoms with Crippen molar-refractivity contribution in [2.24, 2.45) is 5.73 Å². The zero-order valence-corrected chi connectivity index (χ0v) is 11.9. The van der Waals surface area contributed by atoms with E-state index in [2.05, 4.69) is 10.6 Å². The van der Waals surface area contributed by atoms with Gasteiger partial charge in [-0.3, -0.25) is 9.59 Å². The molecule has 1 atom stereocenters. The van der Waals surface area contributed by atoms with Crippen molar-refractivity contribution < 1.29 is 9.59 Å². The number of nitrogens with two attached hydrogens (primary N) is 1. The molecule has 0 spiro atoms. The van der Waals surface area contributed by atoms with Crippen molar-refractivity contribution in [1.82, 2.24) is 10.6 Å². The Balaban J connectivity index is 1.95. The number of carbonyl (C=O) groups excluding carboxylic acids is 2. The third-order valence-corrected chi connectivity index (χ3v) is 3.15. The Kier molecular flexibility index (Phi) is 4.90. The second-order valence-electron chi connectivity index (χ2n) is 4.93. The number of hydrogen-bond donors (Lipinski definition) is 3. The topological polar surface area (TPSA) is 84.2 Å². The first kappa shape index (κ1) is 15.0. The molecule has 0 aliphatic carbocycles. The minimum atomic E-state index is -0.657. The van der Waals surface area contributed by atoms with E-state index in [-0.39, 0.29) is 18.2 Å². The number of fused-ring (bicyclic) bond motifs is 1. The summed E-state index contributed by atoms with van der Waals surface area (Å²) in [6.45, 7) is 1.81. The maximum absolute atomic E-state index is 11.8. The Bertz CT molecular complexity index is 650. The largest absolute Gasteiger partial charge is 0.352 e. The molecule has 110 valence electrons. The second kappa shape index (κ2) is 6.85. The SMILES string of the molecule is CC(=O)NC(N)CC(=O)NCc1cccc2ccccc12. The Labute approximate surface area is 123 Å². The molecule has 4 N–H and O–H groups in total. The van der Waals surface area contributed by atoms with Gasteiger partial charge in [-0.1, -0.05) is 42.5 Å². The summed E-state index contributed by atoms with van der Waals surface area (Å²) in [5, 5.41) is 7.56. The predicted molar refractivity (Wildman–Crippen MR) is 82.2 cm³/mol. The van der Waals surface area contributed by atoms with Crippen LogP contribution in [0.2, 0.25) is 0 Å². The van der Waals surface area contributed by atoms with Crippen LogP contribution in [-0.4, -0.2) is 18.0 Å². The van der Waals surface area contributed by atoms with E-state index >= 15 is 0 Å². The van der Waals surface area contributed by atoms with E-state index < -0.39 is 6.17 Å². The molecule has 0 aliphatic heterocycles. The molecule has 0 bridgehead atoms. The van der Waals surface area contributed by atoms with Crippen molar-refractivity contribution in [1.29, 1.82) is 0 Å². The lowest BCUT2D eigenvalue weighted by atomic mass is 10.0. The van der Waals surface area contributed by atoms with Gasteiger partial charge in [0.2, 0.25) is 11.8 Å². The lowest BCUT2D eigenvalue weighted by Crippen LogP contribution is -2.43. The van der Waals surface area contributed by atoms with Gasteiger partial charge in [-0.15, -0.1) is 0 Å². The highest BCUT2D eigenvalue weighted by Gasteiger charge is 2.10. The molecule has 21 heavy (non-hydrogen) atoms. The molecule has 0 radical (unpaired) electrons. The molecule has 0 aromatic heterocycles. The standard InChI is InChI=1S/C16H19N3O2/c1-11(20)19-15(17)9-16(21)18-10-13-7-4-6-12-5-2-3-8-14(12)13/h2-8,15H,9-10,17H2,1H3,(H,18,21)(H,19,20). The maximum atomic E-state index is 11.8. The van der Waals surface area contributed by atoms with E-state index in [1.54, 1.807) is 0 Å². The van der Waals surface area contributed by atoms with Crippen LogP contribution >= 0.6 is 0 Å². The average Bonchev–Trinajstić information content (AvgIpc) is 2.44. The first-order chi connectivity index (χ1) is 10.1. The van der Waals surface area contributed by atoms with Crippen molar-refractivity contribution >= 4 is 22.6 Å². The summed E-state index contributed by atoms with van der Waals surface area (Å²) in [6.07, 6.45) is -0.598. The molecular formula is C16H19N3O2. The summed E-state index contributed by atoms with van der Waals surface area (Å²) >= 11 is 0. The Morgan fingerprint density at radius 2 is 1.86 bits per heavy atom. The fourth-order valence-electron chi connectivity index (χ4n) is 2.22. The van der Waals surface area contributed by atoms with Crippen LogP contribution in [0.5, 0.6) is 0 Å². The number of carbonyl (C=O) groups is 2. The van der Waals surface area contributed by atoms with E-state index in [9.17, 15) is 9.59 Å². The molecule has 0 aliphatic rings. The predicted octanol–water partition coefficient (Wildman–Crippen LogP) is 1.27. The molecule has 5 nitrogen and oxygen atoms in total. The summed E-state index contributed by atoms with van der Waals surface area (Å²) < 4.78 is 0. The molecule has 1 unspecified atom stereocenters. The molecule has 2 aromatic rings. The van der Waals surface area contributed by atoms with Gasteiger partial charge in [0.25, 0.3) is 0 Å². The summed E-state index contributed by atoms with van der Waals surface area (Å²) in [5.41, 5.74) is 6.69. The minimum Gasteiger partial charge on any atom is -0.352 e. The molecule has 0 saturated heterocycles. The molecule has 5 heteroatoms. The van der Waals surface area contributed by atoms with Crippen LogP contribution in [0, 0.1) is 0 Å². The normalized spacial score (nSPS) is 11.9. The number of amides is 2. The summed E-state index contributed by atoms with van der Waals surface area (Å²) in [4.78, 5) is 22.6. The lowest BCUT2D eigenvalue weighted by molar-refractivity contribution is -0.122. The van der Waals surface area contributed by atoms with Crippen LogP contribution in [0.1, 0.15) is 18.9 Å². The molecule has 0 heterocycles. The van der Waals surface area contributed by atoms with Crippen LogP contribution < -0.4 is 16.4 Å². The lowest BCUT2D eigenvalue weighted by Gasteiger charge is -2.13. The van der Waals surface area contributed by atoms with Crippen LogP contribution in [0.25, 0.3) is 10.8 Å². The number of rotatable bonds is 5. The van der Waals surface area contributed by atoms with Gasteiger partial charge in [0.1, 0.15) is 0 Å². The minimum absolute atomic E-state index is 0.0599. The first-order valence-electron chi connectivity index (χ1n) is 6.82. The third-order valence-electron chi connectivity index (χ3n) is 3.15. The van der Waals surface area contributed by atoms with Crippen LogP contribution in [0.15, 0.2) is 42.5 Å². The van der Waals surface area contributed by atoms with Gasteiger partial charge in [-0.25, -0.2) is 0 Å². The van der Waals surface area contributed by atoms with Crippen molar-refractivity contribution in [3.63, 3.8) is 0 Å².